The first kappa shape index (κ1) is 14.1. The molecule has 1 fully saturated rings. The molecule has 0 aliphatic carbocycles. The maximum Gasteiger partial charge on any atom is 0.327 e. The first-order chi connectivity index (χ1) is 7.97. The fourth-order valence-electron chi connectivity index (χ4n) is 1.84. The van der Waals surface area contributed by atoms with Crippen molar-refractivity contribution in [1.82, 2.24) is 4.90 Å². The number of carboxylic acids is 1. The van der Waals surface area contributed by atoms with E-state index in [1.54, 1.807) is 11.8 Å². The lowest BCUT2D eigenvalue weighted by Crippen LogP contribution is -2.44. The van der Waals surface area contributed by atoms with Gasteiger partial charge >= 0.3 is 5.97 Å². The van der Waals surface area contributed by atoms with Gasteiger partial charge in [0.05, 0.1) is 5.37 Å². The monoisotopic (exact) mass is 257 g/mol. The zero-order valence-electron chi connectivity index (χ0n) is 10.5. The van der Waals surface area contributed by atoms with E-state index in [1.165, 1.54) is 11.0 Å². The summed E-state index contributed by atoms with van der Waals surface area (Å²) in [5.41, 5.74) is 0.895. The second-order valence-corrected chi connectivity index (χ2v) is 5.61. The van der Waals surface area contributed by atoms with Crippen LogP contribution in [0.3, 0.4) is 0 Å². The van der Waals surface area contributed by atoms with E-state index in [2.05, 4.69) is 0 Å². The van der Waals surface area contributed by atoms with Gasteiger partial charge in [0.1, 0.15) is 6.04 Å². The third-order valence-electron chi connectivity index (χ3n) is 2.58. The fraction of sp³-hybridized carbons (Fsp3) is 0.667. The van der Waals surface area contributed by atoms with Crippen LogP contribution in [0.5, 0.6) is 0 Å². The number of nitrogens with zero attached hydrogens (tertiary/aromatic N) is 1. The van der Waals surface area contributed by atoms with Crippen molar-refractivity contribution >= 4 is 23.6 Å². The predicted molar refractivity (Wildman–Crippen MR) is 68.9 cm³/mol. The summed E-state index contributed by atoms with van der Waals surface area (Å²) in [6.07, 6.45) is 3.31. The SMILES string of the molecule is CCC[C@@H]1SC[C@@H](C(=O)O)N1C(=O)C=C(C)C. The topological polar surface area (TPSA) is 57.6 Å². The highest BCUT2D eigenvalue weighted by atomic mass is 32.2. The van der Waals surface area contributed by atoms with Crippen molar-refractivity contribution in [3.8, 4) is 0 Å². The van der Waals surface area contributed by atoms with Crippen molar-refractivity contribution in [1.29, 1.82) is 0 Å². The van der Waals surface area contributed by atoms with Crippen LogP contribution in [-0.4, -0.2) is 39.1 Å². The highest BCUT2D eigenvalue weighted by Gasteiger charge is 2.40. The molecule has 5 heteroatoms. The van der Waals surface area contributed by atoms with Crippen LogP contribution >= 0.6 is 11.8 Å². The zero-order valence-corrected chi connectivity index (χ0v) is 11.3. The quantitative estimate of drug-likeness (QED) is 0.784. The van der Waals surface area contributed by atoms with Gasteiger partial charge in [0, 0.05) is 11.8 Å². The Morgan fingerprint density at radius 3 is 2.59 bits per heavy atom. The van der Waals surface area contributed by atoms with Crippen molar-refractivity contribution in [2.75, 3.05) is 5.75 Å². The molecule has 1 heterocycles. The average molecular weight is 257 g/mol. The van der Waals surface area contributed by atoms with E-state index in [4.69, 9.17) is 5.11 Å². The molecule has 0 aromatic heterocycles. The molecule has 4 nitrogen and oxygen atoms in total. The Bertz CT molecular complexity index is 337. The minimum atomic E-state index is -0.911. The van der Waals surface area contributed by atoms with Gasteiger partial charge in [-0.15, -0.1) is 11.8 Å². The van der Waals surface area contributed by atoms with Crippen molar-refractivity contribution in [2.45, 2.75) is 45.0 Å². The highest BCUT2D eigenvalue weighted by molar-refractivity contribution is 8.00. The lowest BCUT2D eigenvalue weighted by molar-refractivity contribution is -0.147. The molecule has 96 valence electrons. The van der Waals surface area contributed by atoms with Crippen LogP contribution in [0.25, 0.3) is 0 Å². The van der Waals surface area contributed by atoms with Gasteiger partial charge in [0.25, 0.3) is 0 Å². The Labute approximate surface area is 106 Å². The third-order valence-corrected chi connectivity index (χ3v) is 3.94. The molecule has 1 N–H and O–H groups in total. The molecule has 0 aromatic carbocycles. The van der Waals surface area contributed by atoms with Crippen LogP contribution in [-0.2, 0) is 9.59 Å². The molecule has 0 radical (unpaired) electrons. The van der Waals surface area contributed by atoms with Crippen LogP contribution in [0.1, 0.15) is 33.6 Å². The number of allylic oxidation sites excluding steroid dienone is 1. The van der Waals surface area contributed by atoms with Gasteiger partial charge in [-0.05, 0) is 20.3 Å². The number of hydrogen-bond acceptors (Lipinski definition) is 3. The summed E-state index contributed by atoms with van der Waals surface area (Å²) >= 11 is 1.56. The molecule has 0 unspecified atom stereocenters. The number of aliphatic carboxylic acids is 1. The Hall–Kier alpha value is -0.970. The van der Waals surface area contributed by atoms with Gasteiger partial charge in [-0.25, -0.2) is 4.79 Å². The Morgan fingerprint density at radius 1 is 1.47 bits per heavy atom. The summed E-state index contributed by atoms with van der Waals surface area (Å²) in [6.45, 7) is 5.72. The van der Waals surface area contributed by atoms with Crippen LogP contribution in [0, 0.1) is 0 Å². The van der Waals surface area contributed by atoms with Crippen molar-refractivity contribution < 1.29 is 14.7 Å². The van der Waals surface area contributed by atoms with Crippen molar-refractivity contribution in [2.24, 2.45) is 0 Å². The normalized spacial score (nSPS) is 23.6. The van der Waals surface area contributed by atoms with Crippen molar-refractivity contribution in [3.63, 3.8) is 0 Å². The van der Waals surface area contributed by atoms with E-state index in [0.29, 0.717) is 5.75 Å². The molecule has 1 aliphatic heterocycles. The number of carboxylic acid groups (broad SMARTS) is 1. The summed E-state index contributed by atoms with van der Waals surface area (Å²) in [4.78, 5) is 24.7. The third kappa shape index (κ3) is 3.49. The van der Waals surface area contributed by atoms with E-state index in [1.807, 2.05) is 20.8 Å². The maximum atomic E-state index is 12.0. The molecule has 0 bridgehead atoms. The zero-order chi connectivity index (χ0) is 13.0. The predicted octanol–water partition coefficient (Wildman–Crippen LogP) is 2.11. The van der Waals surface area contributed by atoms with E-state index in [9.17, 15) is 9.59 Å². The van der Waals surface area contributed by atoms with E-state index in [-0.39, 0.29) is 11.3 Å². The molecule has 17 heavy (non-hydrogen) atoms. The average Bonchev–Trinajstić information content (AvgIpc) is 2.61. The molecule has 1 saturated heterocycles. The molecular formula is C12H19NO3S. The van der Waals surface area contributed by atoms with Gasteiger partial charge < -0.3 is 10.0 Å². The number of thioether (sulfide) groups is 1. The van der Waals surface area contributed by atoms with Gasteiger partial charge in [0.2, 0.25) is 5.91 Å². The second kappa shape index (κ2) is 6.10. The van der Waals surface area contributed by atoms with Gasteiger partial charge in [-0.3, -0.25) is 4.79 Å². The highest BCUT2D eigenvalue weighted by Crippen LogP contribution is 2.32. The van der Waals surface area contributed by atoms with E-state index < -0.39 is 12.0 Å². The van der Waals surface area contributed by atoms with Gasteiger partial charge in [-0.1, -0.05) is 18.9 Å². The smallest absolute Gasteiger partial charge is 0.327 e. The van der Waals surface area contributed by atoms with E-state index in [0.717, 1.165) is 18.4 Å². The molecule has 0 saturated carbocycles. The fourth-order valence-corrected chi connectivity index (χ4v) is 3.36. The Kier molecular flexibility index (Phi) is 5.05. The van der Waals surface area contributed by atoms with Gasteiger partial charge in [-0.2, -0.15) is 0 Å². The molecule has 2 atom stereocenters. The number of carbonyl (C=O) groups excluding carboxylic acids is 1. The maximum absolute atomic E-state index is 12.0. The van der Waals surface area contributed by atoms with Crippen molar-refractivity contribution in [3.05, 3.63) is 11.6 Å². The Morgan fingerprint density at radius 2 is 2.12 bits per heavy atom. The first-order valence-electron chi connectivity index (χ1n) is 5.79. The summed E-state index contributed by atoms with van der Waals surface area (Å²) in [7, 11) is 0. The second-order valence-electron chi connectivity index (χ2n) is 4.40. The number of amides is 1. The minimum Gasteiger partial charge on any atom is -0.480 e. The molecule has 0 aromatic rings. The molecule has 0 spiro atoms. The van der Waals surface area contributed by atoms with Crippen LogP contribution in [0.4, 0.5) is 0 Å². The number of hydrogen-bond donors (Lipinski definition) is 1. The lowest BCUT2D eigenvalue weighted by atomic mass is 10.2. The van der Waals surface area contributed by atoms with E-state index >= 15 is 0 Å². The number of carbonyl (C=O) groups is 2. The summed E-state index contributed by atoms with van der Waals surface area (Å²) in [5, 5.41) is 9.13. The molecular weight excluding hydrogens is 238 g/mol. The molecule has 1 rings (SSSR count). The first-order valence-corrected chi connectivity index (χ1v) is 6.83. The standard InChI is InChI=1S/C12H19NO3S/c1-4-5-11-13(10(14)6-8(2)3)9(7-17-11)12(15)16/h6,9,11H,4-5,7H2,1-3H3,(H,15,16)/t9-,11-/m0/s1. The van der Waals surface area contributed by atoms with Crippen LogP contribution in [0.15, 0.2) is 11.6 Å². The molecule has 1 amide bonds. The number of rotatable bonds is 4. The summed E-state index contributed by atoms with van der Waals surface area (Å²) < 4.78 is 0. The minimum absolute atomic E-state index is 0.00389. The molecule has 1 aliphatic rings. The lowest BCUT2D eigenvalue weighted by Gasteiger charge is -2.26. The Balaban J connectivity index is 2.89. The largest absolute Gasteiger partial charge is 0.480 e. The summed E-state index contributed by atoms with van der Waals surface area (Å²) in [6, 6.07) is -0.681. The van der Waals surface area contributed by atoms with Gasteiger partial charge in [0.15, 0.2) is 0 Å². The summed E-state index contributed by atoms with van der Waals surface area (Å²) in [5.74, 6) is -0.602. The van der Waals surface area contributed by atoms with Crippen LogP contribution < -0.4 is 0 Å². The van der Waals surface area contributed by atoms with Crippen LogP contribution in [0.2, 0.25) is 0 Å².